The Balaban J connectivity index is 1.36. The molecule has 3 fully saturated rings. The zero-order valence-electron chi connectivity index (χ0n) is 25.1. The van der Waals surface area contributed by atoms with Crippen molar-refractivity contribution < 1.29 is 22.6 Å². The molecule has 8 rings (SSSR count). The molecule has 3 atom stereocenters. The number of nitrogens with two attached hydrogens (primary N) is 1. The first-order chi connectivity index (χ1) is 22.3. The standard InChI is InChI=1S/C33H32ClF3N6O2S/c34-25-23(19-6-7-21(36)29-22(19)20(14-38)30(39)46-29)26(37)27-24-28(25)44-12-8-18-5-2-1-3-11-43(18)31(24)41-32(40-27)45-16-33-9-4-10-42(33)15-17(35)13-33/h6-7,17-18H,1-5,8-13,15-16,39H2/t17-,18?,33?/m1/s1. The molecule has 4 aliphatic rings. The smallest absolute Gasteiger partial charge is 0.319 e. The molecule has 240 valence electrons. The summed E-state index contributed by atoms with van der Waals surface area (Å²) in [6.07, 6.45) is 5.94. The van der Waals surface area contributed by atoms with Crippen molar-refractivity contribution in [3.8, 4) is 29.0 Å². The van der Waals surface area contributed by atoms with E-state index in [2.05, 4.69) is 14.8 Å². The second-order valence-electron chi connectivity index (χ2n) is 12.8. The van der Waals surface area contributed by atoms with Gasteiger partial charge in [0, 0.05) is 42.9 Å². The number of rotatable bonds is 4. The molecule has 0 amide bonds. The number of nitrogen functional groups attached to an aromatic ring is 1. The molecule has 4 aromatic rings. The first kappa shape index (κ1) is 29.8. The highest BCUT2D eigenvalue weighted by Gasteiger charge is 2.49. The molecule has 0 bridgehead atoms. The summed E-state index contributed by atoms with van der Waals surface area (Å²) in [6.45, 7) is 2.44. The molecule has 0 saturated carbocycles. The van der Waals surface area contributed by atoms with Gasteiger partial charge >= 0.3 is 6.01 Å². The van der Waals surface area contributed by atoms with E-state index in [1.807, 2.05) is 6.07 Å². The molecule has 6 heterocycles. The highest BCUT2D eigenvalue weighted by atomic mass is 35.5. The lowest BCUT2D eigenvalue weighted by atomic mass is 9.95. The van der Waals surface area contributed by atoms with E-state index in [9.17, 15) is 14.0 Å². The second kappa shape index (κ2) is 11.3. The number of benzene rings is 2. The van der Waals surface area contributed by atoms with Crippen molar-refractivity contribution in [3.63, 3.8) is 0 Å². The van der Waals surface area contributed by atoms with Crippen LogP contribution >= 0.6 is 22.9 Å². The molecule has 2 aromatic heterocycles. The summed E-state index contributed by atoms with van der Waals surface area (Å²) in [4.78, 5) is 13.9. The Morgan fingerprint density at radius 1 is 1.15 bits per heavy atom. The summed E-state index contributed by atoms with van der Waals surface area (Å²) < 4.78 is 59.4. The number of aromatic nitrogens is 2. The van der Waals surface area contributed by atoms with Gasteiger partial charge in [0.25, 0.3) is 0 Å². The lowest BCUT2D eigenvalue weighted by Gasteiger charge is -2.35. The number of halogens is 4. The number of hydrogen-bond acceptors (Lipinski definition) is 9. The average molecular weight is 669 g/mol. The van der Waals surface area contributed by atoms with Gasteiger partial charge in [0.15, 0.2) is 11.6 Å². The van der Waals surface area contributed by atoms with E-state index < -0.39 is 23.3 Å². The van der Waals surface area contributed by atoms with Crippen LogP contribution in [0.15, 0.2) is 12.1 Å². The Kier molecular flexibility index (Phi) is 7.34. The van der Waals surface area contributed by atoms with Gasteiger partial charge in [-0.05, 0) is 43.9 Å². The van der Waals surface area contributed by atoms with Gasteiger partial charge in [0.2, 0.25) is 0 Å². The molecule has 0 radical (unpaired) electrons. The maximum atomic E-state index is 17.2. The van der Waals surface area contributed by atoms with Crippen molar-refractivity contribution in [2.75, 3.05) is 43.5 Å². The molecule has 0 aliphatic carbocycles. The summed E-state index contributed by atoms with van der Waals surface area (Å²) in [5.41, 5.74) is 5.81. The van der Waals surface area contributed by atoms with Crippen molar-refractivity contribution in [1.82, 2.24) is 14.9 Å². The van der Waals surface area contributed by atoms with Crippen molar-refractivity contribution in [2.45, 2.75) is 69.1 Å². The number of alkyl halides is 1. The summed E-state index contributed by atoms with van der Waals surface area (Å²) in [7, 11) is 0. The van der Waals surface area contributed by atoms with Gasteiger partial charge in [-0.15, -0.1) is 11.3 Å². The predicted molar refractivity (Wildman–Crippen MR) is 173 cm³/mol. The van der Waals surface area contributed by atoms with E-state index in [1.165, 1.54) is 12.1 Å². The molecular formula is C33H32ClF3N6O2S. The number of ether oxygens (including phenoxy) is 2. The van der Waals surface area contributed by atoms with Gasteiger partial charge < -0.3 is 20.1 Å². The Labute approximate surface area is 272 Å². The summed E-state index contributed by atoms with van der Waals surface area (Å²) >= 11 is 7.98. The van der Waals surface area contributed by atoms with Crippen molar-refractivity contribution in [2.24, 2.45) is 0 Å². The molecule has 3 saturated heterocycles. The summed E-state index contributed by atoms with van der Waals surface area (Å²) in [6, 6.07) is 4.79. The molecule has 0 spiro atoms. The number of thiophene rings is 1. The summed E-state index contributed by atoms with van der Waals surface area (Å²) in [5, 5.41) is 10.6. The van der Waals surface area contributed by atoms with Crippen LogP contribution in [0.3, 0.4) is 0 Å². The molecule has 2 N–H and O–H groups in total. The van der Waals surface area contributed by atoms with Gasteiger partial charge in [-0.1, -0.05) is 30.5 Å². The second-order valence-corrected chi connectivity index (χ2v) is 14.3. The van der Waals surface area contributed by atoms with Gasteiger partial charge in [-0.2, -0.15) is 15.2 Å². The van der Waals surface area contributed by atoms with Crippen LogP contribution in [0.2, 0.25) is 5.02 Å². The van der Waals surface area contributed by atoms with E-state index in [-0.39, 0.29) is 66.7 Å². The Morgan fingerprint density at radius 2 is 2.02 bits per heavy atom. The topological polar surface area (TPSA) is 101 Å². The highest BCUT2D eigenvalue weighted by molar-refractivity contribution is 7.23. The zero-order chi connectivity index (χ0) is 31.7. The van der Waals surface area contributed by atoms with E-state index in [0.717, 1.165) is 63.0 Å². The van der Waals surface area contributed by atoms with E-state index in [4.69, 9.17) is 31.8 Å². The summed E-state index contributed by atoms with van der Waals surface area (Å²) in [5.74, 6) is -0.616. The van der Waals surface area contributed by atoms with Crippen LogP contribution in [0.4, 0.5) is 24.0 Å². The fraction of sp³-hybridized carbons (Fsp3) is 0.485. The number of fused-ring (bicyclic) bond motifs is 4. The predicted octanol–water partition coefficient (Wildman–Crippen LogP) is 7.38. The van der Waals surface area contributed by atoms with Crippen molar-refractivity contribution >= 4 is 54.7 Å². The average Bonchev–Trinajstić information content (AvgIpc) is 3.61. The number of anilines is 2. The first-order valence-electron chi connectivity index (χ1n) is 15.8. The Hall–Kier alpha value is -3.53. The van der Waals surface area contributed by atoms with Crippen LogP contribution in [0.25, 0.3) is 32.1 Å². The van der Waals surface area contributed by atoms with E-state index in [0.29, 0.717) is 37.2 Å². The van der Waals surface area contributed by atoms with E-state index >= 15 is 4.39 Å². The van der Waals surface area contributed by atoms with E-state index in [1.54, 1.807) is 0 Å². The highest BCUT2D eigenvalue weighted by Crippen LogP contribution is 2.51. The molecule has 2 aromatic carbocycles. The third-order valence-corrected chi connectivity index (χ3v) is 11.6. The minimum Gasteiger partial charge on any atom is -0.491 e. The molecule has 13 heteroatoms. The molecular weight excluding hydrogens is 637 g/mol. The third kappa shape index (κ3) is 4.57. The third-order valence-electron chi connectivity index (χ3n) is 10.2. The number of hydrogen-bond donors (Lipinski definition) is 1. The van der Waals surface area contributed by atoms with Gasteiger partial charge in [-0.25, -0.2) is 13.2 Å². The van der Waals surface area contributed by atoms with Gasteiger partial charge in [-0.3, -0.25) is 4.90 Å². The Morgan fingerprint density at radius 3 is 2.87 bits per heavy atom. The van der Waals surface area contributed by atoms with Crippen LogP contribution < -0.4 is 20.1 Å². The SMILES string of the molecule is N#Cc1c(N)sc2c(F)ccc(-c3c(Cl)c4c5c(nc(OCC67CCCN6C[C@H](F)C7)nc5c3F)N3CCCCCC3CCO4)c12. The van der Waals surface area contributed by atoms with Crippen LogP contribution in [-0.4, -0.2) is 65.5 Å². The number of nitrogens with zero attached hydrogens (tertiary/aromatic N) is 5. The van der Waals surface area contributed by atoms with Crippen molar-refractivity contribution in [1.29, 1.82) is 5.26 Å². The zero-order valence-corrected chi connectivity index (χ0v) is 26.6. The molecule has 4 aliphatic heterocycles. The lowest BCUT2D eigenvalue weighted by Crippen LogP contribution is -2.43. The largest absolute Gasteiger partial charge is 0.491 e. The van der Waals surface area contributed by atoms with Gasteiger partial charge in [0.05, 0.1) is 32.8 Å². The van der Waals surface area contributed by atoms with Crippen molar-refractivity contribution in [3.05, 3.63) is 34.4 Å². The number of nitriles is 1. The monoisotopic (exact) mass is 668 g/mol. The van der Waals surface area contributed by atoms with Crippen LogP contribution in [0.5, 0.6) is 11.8 Å². The lowest BCUT2D eigenvalue weighted by molar-refractivity contribution is 0.107. The Bertz CT molecular complexity index is 1930. The molecule has 2 unspecified atom stereocenters. The normalized spacial score (nSPS) is 24.6. The van der Waals surface area contributed by atoms with Gasteiger partial charge in [0.1, 0.15) is 41.0 Å². The quantitative estimate of drug-likeness (QED) is 0.240. The maximum Gasteiger partial charge on any atom is 0.319 e. The minimum absolute atomic E-state index is 0.00512. The molecule has 8 nitrogen and oxygen atoms in total. The van der Waals surface area contributed by atoms with Crippen LogP contribution in [0, 0.1) is 23.0 Å². The van der Waals surface area contributed by atoms with Crippen LogP contribution in [-0.2, 0) is 0 Å². The van der Waals surface area contributed by atoms with Crippen LogP contribution in [0.1, 0.15) is 56.9 Å². The first-order valence-corrected chi connectivity index (χ1v) is 17.0. The minimum atomic E-state index is -0.925. The fourth-order valence-corrected chi connectivity index (χ4v) is 9.37. The molecule has 46 heavy (non-hydrogen) atoms. The fourth-order valence-electron chi connectivity index (χ4n) is 8.09. The maximum absolute atomic E-state index is 17.2.